The Kier molecular flexibility index (Phi) is 7.42. The summed E-state index contributed by atoms with van der Waals surface area (Å²) in [4.78, 5) is 10.5. The zero-order valence-corrected chi connectivity index (χ0v) is 9.16. The number of rotatable bonds is 8. The standard InChI is InChI=1S/C10H20O4/c1-4-9(10(11)12)14-6-5-13-7-8(2)3/h8-9H,4-7H2,1-3H3,(H,11,12). The van der Waals surface area contributed by atoms with Crippen LogP contribution < -0.4 is 0 Å². The monoisotopic (exact) mass is 204 g/mol. The molecule has 0 saturated heterocycles. The molecule has 14 heavy (non-hydrogen) atoms. The van der Waals surface area contributed by atoms with Crippen LogP contribution in [0.1, 0.15) is 27.2 Å². The van der Waals surface area contributed by atoms with Crippen LogP contribution >= 0.6 is 0 Å². The first-order chi connectivity index (χ1) is 6.57. The van der Waals surface area contributed by atoms with Crippen molar-refractivity contribution < 1.29 is 19.4 Å². The normalized spacial score (nSPS) is 13.1. The minimum absolute atomic E-state index is 0.345. The third kappa shape index (κ3) is 6.86. The van der Waals surface area contributed by atoms with Crippen LogP contribution in [0.25, 0.3) is 0 Å². The molecule has 0 bridgehead atoms. The highest BCUT2D eigenvalue weighted by Crippen LogP contribution is 1.98. The molecule has 0 aliphatic heterocycles. The molecule has 1 unspecified atom stereocenters. The van der Waals surface area contributed by atoms with Crippen molar-refractivity contribution in [2.24, 2.45) is 5.92 Å². The van der Waals surface area contributed by atoms with Gasteiger partial charge in [-0.15, -0.1) is 0 Å². The van der Waals surface area contributed by atoms with Crippen LogP contribution in [0.4, 0.5) is 0 Å². The highest BCUT2D eigenvalue weighted by Gasteiger charge is 2.14. The van der Waals surface area contributed by atoms with Crippen LogP contribution in [-0.4, -0.2) is 37.0 Å². The van der Waals surface area contributed by atoms with Crippen molar-refractivity contribution in [3.63, 3.8) is 0 Å². The van der Waals surface area contributed by atoms with E-state index in [1.54, 1.807) is 6.92 Å². The minimum atomic E-state index is -0.906. The van der Waals surface area contributed by atoms with Gasteiger partial charge in [0.05, 0.1) is 13.2 Å². The molecule has 0 aromatic rings. The summed E-state index contributed by atoms with van der Waals surface area (Å²) >= 11 is 0. The Labute approximate surface area is 85.2 Å². The zero-order chi connectivity index (χ0) is 11.0. The molecular weight excluding hydrogens is 184 g/mol. The smallest absolute Gasteiger partial charge is 0.332 e. The van der Waals surface area contributed by atoms with Crippen molar-refractivity contribution >= 4 is 5.97 Å². The maximum atomic E-state index is 10.5. The highest BCUT2D eigenvalue weighted by atomic mass is 16.5. The highest BCUT2D eigenvalue weighted by molar-refractivity contribution is 5.72. The van der Waals surface area contributed by atoms with Gasteiger partial charge < -0.3 is 14.6 Å². The van der Waals surface area contributed by atoms with Crippen LogP contribution in [0.5, 0.6) is 0 Å². The molecule has 0 saturated carbocycles. The molecule has 0 heterocycles. The summed E-state index contributed by atoms with van der Waals surface area (Å²) in [6, 6.07) is 0. The first kappa shape index (κ1) is 13.4. The van der Waals surface area contributed by atoms with Crippen molar-refractivity contribution in [3.8, 4) is 0 Å². The fraction of sp³-hybridized carbons (Fsp3) is 0.900. The third-order valence-corrected chi connectivity index (χ3v) is 1.64. The van der Waals surface area contributed by atoms with E-state index >= 15 is 0 Å². The lowest BCUT2D eigenvalue weighted by atomic mass is 10.2. The molecule has 1 N–H and O–H groups in total. The summed E-state index contributed by atoms with van der Waals surface area (Å²) in [6.07, 6.45) is -0.211. The largest absolute Gasteiger partial charge is 0.479 e. The second kappa shape index (κ2) is 7.76. The third-order valence-electron chi connectivity index (χ3n) is 1.64. The second-order valence-electron chi connectivity index (χ2n) is 3.57. The topological polar surface area (TPSA) is 55.8 Å². The summed E-state index contributed by atoms with van der Waals surface area (Å²) in [7, 11) is 0. The average molecular weight is 204 g/mol. The Bertz CT molecular complexity index is 156. The van der Waals surface area contributed by atoms with Gasteiger partial charge in [-0.2, -0.15) is 0 Å². The quantitative estimate of drug-likeness (QED) is 0.609. The number of carboxylic acids is 1. The molecule has 0 rings (SSSR count). The SMILES string of the molecule is CCC(OCCOCC(C)C)C(=O)O. The lowest BCUT2D eigenvalue weighted by molar-refractivity contribution is -0.151. The van der Waals surface area contributed by atoms with Crippen LogP contribution in [-0.2, 0) is 14.3 Å². The molecule has 0 aliphatic carbocycles. The predicted octanol–water partition coefficient (Wildman–Crippen LogP) is 1.54. The minimum Gasteiger partial charge on any atom is -0.479 e. The number of carbonyl (C=O) groups is 1. The summed E-state index contributed by atoms with van der Waals surface area (Å²) < 4.78 is 10.4. The Hall–Kier alpha value is -0.610. The first-order valence-corrected chi connectivity index (χ1v) is 5.00. The van der Waals surface area contributed by atoms with Gasteiger partial charge in [0.2, 0.25) is 0 Å². The summed E-state index contributed by atoms with van der Waals surface area (Å²) in [5.74, 6) is -0.409. The molecule has 0 fully saturated rings. The molecule has 0 spiro atoms. The van der Waals surface area contributed by atoms with E-state index in [0.29, 0.717) is 32.2 Å². The van der Waals surface area contributed by atoms with Crippen molar-refractivity contribution in [2.45, 2.75) is 33.3 Å². The summed E-state index contributed by atoms with van der Waals surface area (Å²) in [5.41, 5.74) is 0. The number of ether oxygens (including phenoxy) is 2. The maximum absolute atomic E-state index is 10.5. The fourth-order valence-electron chi connectivity index (χ4n) is 0.932. The average Bonchev–Trinajstić information content (AvgIpc) is 2.10. The predicted molar refractivity (Wildman–Crippen MR) is 53.3 cm³/mol. The molecule has 0 radical (unpaired) electrons. The van der Waals surface area contributed by atoms with E-state index in [0.717, 1.165) is 0 Å². The van der Waals surface area contributed by atoms with E-state index < -0.39 is 12.1 Å². The van der Waals surface area contributed by atoms with Gasteiger partial charge in [0.25, 0.3) is 0 Å². The summed E-state index contributed by atoms with van der Waals surface area (Å²) in [6.45, 7) is 7.40. The van der Waals surface area contributed by atoms with Crippen molar-refractivity contribution in [1.29, 1.82) is 0 Å². The molecule has 1 atom stereocenters. The van der Waals surface area contributed by atoms with Gasteiger partial charge >= 0.3 is 5.97 Å². The molecule has 0 aliphatic rings. The Morgan fingerprint density at radius 1 is 1.36 bits per heavy atom. The molecule has 0 aromatic carbocycles. The van der Waals surface area contributed by atoms with E-state index in [2.05, 4.69) is 13.8 Å². The van der Waals surface area contributed by atoms with Crippen LogP contribution in [0.2, 0.25) is 0 Å². The van der Waals surface area contributed by atoms with E-state index in [-0.39, 0.29) is 0 Å². The van der Waals surface area contributed by atoms with Crippen molar-refractivity contribution in [3.05, 3.63) is 0 Å². The molecule has 4 nitrogen and oxygen atoms in total. The van der Waals surface area contributed by atoms with Crippen LogP contribution in [0, 0.1) is 5.92 Å². The maximum Gasteiger partial charge on any atom is 0.332 e. The van der Waals surface area contributed by atoms with E-state index in [1.165, 1.54) is 0 Å². The lowest BCUT2D eigenvalue weighted by Gasteiger charge is -2.12. The lowest BCUT2D eigenvalue weighted by Crippen LogP contribution is -2.24. The van der Waals surface area contributed by atoms with Gasteiger partial charge in [-0.1, -0.05) is 20.8 Å². The first-order valence-electron chi connectivity index (χ1n) is 5.00. The van der Waals surface area contributed by atoms with Crippen molar-refractivity contribution in [1.82, 2.24) is 0 Å². The van der Waals surface area contributed by atoms with Gasteiger partial charge in [0, 0.05) is 6.61 Å². The molecular formula is C10H20O4. The zero-order valence-electron chi connectivity index (χ0n) is 9.16. The number of hydrogen-bond acceptors (Lipinski definition) is 3. The Balaban J connectivity index is 3.38. The molecule has 4 heteroatoms. The van der Waals surface area contributed by atoms with E-state index in [1.807, 2.05) is 0 Å². The van der Waals surface area contributed by atoms with Gasteiger partial charge in [0.1, 0.15) is 0 Å². The van der Waals surface area contributed by atoms with E-state index in [4.69, 9.17) is 14.6 Å². The number of carboxylic acid groups (broad SMARTS) is 1. The molecule has 0 aromatic heterocycles. The Morgan fingerprint density at radius 3 is 2.43 bits per heavy atom. The van der Waals surface area contributed by atoms with E-state index in [9.17, 15) is 4.79 Å². The van der Waals surface area contributed by atoms with Crippen LogP contribution in [0.15, 0.2) is 0 Å². The molecule has 0 amide bonds. The van der Waals surface area contributed by atoms with Gasteiger partial charge in [-0.25, -0.2) is 4.79 Å². The van der Waals surface area contributed by atoms with Gasteiger partial charge in [0.15, 0.2) is 6.10 Å². The number of hydrogen-bond donors (Lipinski definition) is 1. The summed E-state index contributed by atoms with van der Waals surface area (Å²) in [5, 5.41) is 8.65. The van der Waals surface area contributed by atoms with Crippen molar-refractivity contribution in [2.75, 3.05) is 19.8 Å². The number of aliphatic carboxylic acids is 1. The van der Waals surface area contributed by atoms with Gasteiger partial charge in [-0.05, 0) is 12.3 Å². The fourth-order valence-corrected chi connectivity index (χ4v) is 0.932. The van der Waals surface area contributed by atoms with Gasteiger partial charge in [-0.3, -0.25) is 0 Å². The second-order valence-corrected chi connectivity index (χ2v) is 3.57. The molecule has 84 valence electrons. The Morgan fingerprint density at radius 2 is 2.00 bits per heavy atom. The van der Waals surface area contributed by atoms with Crippen LogP contribution in [0.3, 0.4) is 0 Å².